The Morgan fingerprint density at radius 1 is 1.05 bits per heavy atom. The molecule has 0 saturated carbocycles. The molecule has 102 valence electrons. The van der Waals surface area contributed by atoms with Gasteiger partial charge in [0.25, 0.3) is 0 Å². The van der Waals surface area contributed by atoms with Gasteiger partial charge in [0.2, 0.25) is 0 Å². The molecule has 0 aliphatic carbocycles. The van der Waals surface area contributed by atoms with E-state index in [0.717, 1.165) is 0 Å². The average Bonchev–Trinajstić information content (AvgIpc) is 2.45. The molecule has 0 radical (unpaired) electrons. The lowest BCUT2D eigenvalue weighted by molar-refractivity contribution is -0.138. The van der Waals surface area contributed by atoms with Crippen molar-refractivity contribution in [2.24, 2.45) is 5.73 Å². The summed E-state index contributed by atoms with van der Waals surface area (Å²) in [6, 6.07) is 11.9. The molecular formula is C15H12ClNO3. The number of aliphatic carboxylic acids is 1. The number of nitrogens with two attached hydrogens (primary N) is 1. The van der Waals surface area contributed by atoms with Crippen molar-refractivity contribution in [3.8, 4) is 0 Å². The van der Waals surface area contributed by atoms with E-state index in [1.54, 1.807) is 30.3 Å². The molecule has 4 nitrogen and oxygen atoms in total. The molecule has 0 aliphatic heterocycles. The lowest BCUT2D eigenvalue weighted by atomic mass is 9.99. The third-order valence-electron chi connectivity index (χ3n) is 2.84. The first kappa shape index (κ1) is 14.2. The molecule has 1 atom stereocenters. The van der Waals surface area contributed by atoms with Gasteiger partial charge in [0.15, 0.2) is 5.78 Å². The molecule has 0 bridgehead atoms. The number of ketones is 1. The van der Waals surface area contributed by atoms with E-state index in [1.165, 1.54) is 18.2 Å². The van der Waals surface area contributed by atoms with Gasteiger partial charge >= 0.3 is 5.97 Å². The van der Waals surface area contributed by atoms with Gasteiger partial charge in [0, 0.05) is 16.1 Å². The Morgan fingerprint density at radius 2 is 1.70 bits per heavy atom. The lowest BCUT2D eigenvalue weighted by Crippen LogP contribution is -2.21. The molecule has 0 amide bonds. The van der Waals surface area contributed by atoms with Crippen molar-refractivity contribution in [2.45, 2.75) is 6.04 Å². The predicted octanol–water partition coefficient (Wildman–Crippen LogP) is 2.66. The smallest absolute Gasteiger partial charge is 0.325 e. The van der Waals surface area contributed by atoms with Gasteiger partial charge in [-0.2, -0.15) is 0 Å². The highest BCUT2D eigenvalue weighted by Gasteiger charge is 2.18. The summed E-state index contributed by atoms with van der Waals surface area (Å²) in [5.41, 5.74) is 6.66. The van der Waals surface area contributed by atoms with E-state index in [9.17, 15) is 9.59 Å². The van der Waals surface area contributed by atoms with Gasteiger partial charge in [-0.3, -0.25) is 9.59 Å². The Labute approximate surface area is 120 Å². The van der Waals surface area contributed by atoms with Crippen molar-refractivity contribution in [3.63, 3.8) is 0 Å². The average molecular weight is 290 g/mol. The SMILES string of the molecule is NC(C(=O)O)c1cc(Cl)cc(C(=O)c2ccccc2)c1. The molecule has 20 heavy (non-hydrogen) atoms. The van der Waals surface area contributed by atoms with E-state index in [2.05, 4.69) is 0 Å². The zero-order chi connectivity index (χ0) is 14.7. The third-order valence-corrected chi connectivity index (χ3v) is 3.06. The zero-order valence-electron chi connectivity index (χ0n) is 10.4. The third kappa shape index (κ3) is 3.04. The van der Waals surface area contributed by atoms with Crippen molar-refractivity contribution in [2.75, 3.05) is 0 Å². The first-order chi connectivity index (χ1) is 9.49. The van der Waals surface area contributed by atoms with Gasteiger partial charge in [-0.15, -0.1) is 0 Å². The Bertz CT molecular complexity index is 655. The van der Waals surface area contributed by atoms with Gasteiger partial charge in [-0.25, -0.2) is 0 Å². The zero-order valence-corrected chi connectivity index (χ0v) is 11.2. The second kappa shape index (κ2) is 5.86. The summed E-state index contributed by atoms with van der Waals surface area (Å²) in [4.78, 5) is 23.2. The molecule has 1 unspecified atom stereocenters. The monoisotopic (exact) mass is 289 g/mol. The number of halogens is 1. The van der Waals surface area contributed by atoms with Crippen LogP contribution in [0.3, 0.4) is 0 Å². The van der Waals surface area contributed by atoms with Crippen molar-refractivity contribution < 1.29 is 14.7 Å². The normalized spacial score (nSPS) is 11.9. The number of carbonyl (C=O) groups is 2. The standard InChI is InChI=1S/C15H12ClNO3/c16-12-7-10(13(17)15(19)20)6-11(8-12)14(18)9-4-2-1-3-5-9/h1-8,13H,17H2,(H,19,20). The number of hydrogen-bond donors (Lipinski definition) is 2. The fourth-order valence-electron chi connectivity index (χ4n) is 1.82. The van der Waals surface area contributed by atoms with Crippen LogP contribution in [0.4, 0.5) is 0 Å². The summed E-state index contributed by atoms with van der Waals surface area (Å²) in [5, 5.41) is 9.20. The Balaban J connectivity index is 2.43. The van der Waals surface area contributed by atoms with E-state index >= 15 is 0 Å². The minimum atomic E-state index is -1.21. The molecule has 2 rings (SSSR count). The van der Waals surface area contributed by atoms with E-state index in [4.69, 9.17) is 22.4 Å². The second-order valence-corrected chi connectivity index (χ2v) is 4.72. The molecular weight excluding hydrogens is 278 g/mol. The van der Waals surface area contributed by atoms with Gasteiger partial charge < -0.3 is 10.8 Å². The molecule has 5 heteroatoms. The number of hydrogen-bond acceptors (Lipinski definition) is 3. The molecule has 0 aromatic heterocycles. The molecule has 0 spiro atoms. The van der Waals surface area contributed by atoms with Gasteiger partial charge in [-0.05, 0) is 23.8 Å². The quantitative estimate of drug-likeness (QED) is 0.848. The summed E-state index contributed by atoms with van der Waals surface area (Å²) in [5.74, 6) is -1.41. The topological polar surface area (TPSA) is 80.4 Å². The van der Waals surface area contributed by atoms with Gasteiger partial charge in [-0.1, -0.05) is 41.9 Å². The molecule has 0 aliphatic rings. The fourth-order valence-corrected chi connectivity index (χ4v) is 2.07. The van der Waals surface area contributed by atoms with Crippen LogP contribution >= 0.6 is 11.6 Å². The first-order valence-corrected chi connectivity index (χ1v) is 6.25. The number of benzene rings is 2. The number of carboxylic acids is 1. The van der Waals surface area contributed by atoms with Crippen molar-refractivity contribution in [1.82, 2.24) is 0 Å². The van der Waals surface area contributed by atoms with E-state index < -0.39 is 12.0 Å². The van der Waals surface area contributed by atoms with E-state index in [-0.39, 0.29) is 10.8 Å². The van der Waals surface area contributed by atoms with Crippen molar-refractivity contribution in [3.05, 3.63) is 70.2 Å². The van der Waals surface area contributed by atoms with Crippen LogP contribution < -0.4 is 5.73 Å². The van der Waals surface area contributed by atoms with Crippen LogP contribution in [0.1, 0.15) is 27.5 Å². The fraction of sp³-hybridized carbons (Fsp3) is 0.0667. The molecule has 3 N–H and O–H groups in total. The first-order valence-electron chi connectivity index (χ1n) is 5.87. The number of carboxylic acid groups (broad SMARTS) is 1. The minimum Gasteiger partial charge on any atom is -0.480 e. The summed E-state index contributed by atoms with van der Waals surface area (Å²) < 4.78 is 0. The van der Waals surface area contributed by atoms with E-state index in [1.807, 2.05) is 0 Å². The highest BCUT2D eigenvalue weighted by atomic mass is 35.5. The Morgan fingerprint density at radius 3 is 2.30 bits per heavy atom. The summed E-state index contributed by atoms with van der Waals surface area (Å²) in [7, 11) is 0. The molecule has 0 fully saturated rings. The summed E-state index contributed by atoms with van der Waals surface area (Å²) in [6.07, 6.45) is 0. The van der Waals surface area contributed by atoms with Crippen LogP contribution in [0.25, 0.3) is 0 Å². The van der Waals surface area contributed by atoms with Crippen molar-refractivity contribution in [1.29, 1.82) is 0 Å². The highest BCUT2D eigenvalue weighted by Crippen LogP contribution is 2.21. The number of rotatable bonds is 4. The highest BCUT2D eigenvalue weighted by molar-refractivity contribution is 6.31. The van der Waals surface area contributed by atoms with Crippen LogP contribution in [0.15, 0.2) is 48.5 Å². The molecule has 0 saturated heterocycles. The Kier molecular flexibility index (Phi) is 4.17. The predicted molar refractivity (Wildman–Crippen MR) is 75.9 cm³/mol. The van der Waals surface area contributed by atoms with Gasteiger partial charge in [0.1, 0.15) is 6.04 Å². The molecule has 2 aromatic carbocycles. The maximum Gasteiger partial charge on any atom is 0.325 e. The lowest BCUT2D eigenvalue weighted by Gasteiger charge is -2.10. The van der Waals surface area contributed by atoms with Crippen LogP contribution in [0.2, 0.25) is 5.02 Å². The molecule has 0 heterocycles. The number of carbonyl (C=O) groups excluding carboxylic acids is 1. The summed E-state index contributed by atoms with van der Waals surface area (Å²) >= 11 is 5.93. The largest absolute Gasteiger partial charge is 0.480 e. The van der Waals surface area contributed by atoms with Crippen LogP contribution in [0.5, 0.6) is 0 Å². The van der Waals surface area contributed by atoms with Crippen LogP contribution in [-0.2, 0) is 4.79 Å². The maximum atomic E-state index is 12.3. The van der Waals surface area contributed by atoms with E-state index in [0.29, 0.717) is 16.7 Å². The van der Waals surface area contributed by atoms with Crippen LogP contribution in [-0.4, -0.2) is 16.9 Å². The second-order valence-electron chi connectivity index (χ2n) is 4.28. The summed E-state index contributed by atoms with van der Waals surface area (Å²) in [6.45, 7) is 0. The van der Waals surface area contributed by atoms with Crippen molar-refractivity contribution >= 4 is 23.4 Å². The molecule has 2 aromatic rings. The van der Waals surface area contributed by atoms with Crippen LogP contribution in [0, 0.1) is 0 Å². The van der Waals surface area contributed by atoms with Gasteiger partial charge in [0.05, 0.1) is 0 Å². The maximum absolute atomic E-state index is 12.3. The Hall–Kier alpha value is -2.17. The minimum absolute atomic E-state index is 0.230.